The van der Waals surface area contributed by atoms with E-state index in [4.69, 9.17) is 10.7 Å². The van der Waals surface area contributed by atoms with Crippen LogP contribution in [0.3, 0.4) is 0 Å². The molecule has 8 heteroatoms. The molecule has 2 N–H and O–H groups in total. The zero-order valence-electron chi connectivity index (χ0n) is 17.4. The fraction of sp³-hybridized carbons (Fsp3) is 0.217. The van der Waals surface area contributed by atoms with Crippen molar-refractivity contribution in [2.75, 3.05) is 26.4 Å². The van der Waals surface area contributed by atoms with Crippen LogP contribution in [0.15, 0.2) is 59.5 Å². The Kier molecular flexibility index (Phi) is 5.73. The van der Waals surface area contributed by atoms with E-state index in [1.165, 1.54) is 12.1 Å². The SMILES string of the molecule is CN(C)CCc1nc2ccc(-c3ccnc(N)n3)cc2c(=O)n1Cc1cccc(F)c1. The average Bonchev–Trinajstić information content (AvgIpc) is 2.74. The number of aromatic nitrogens is 4. The summed E-state index contributed by atoms with van der Waals surface area (Å²) in [5.41, 5.74) is 8.22. The molecule has 0 spiro atoms. The van der Waals surface area contributed by atoms with Crippen molar-refractivity contribution >= 4 is 16.9 Å². The highest BCUT2D eigenvalue weighted by molar-refractivity contribution is 5.83. The molecule has 4 aromatic rings. The second-order valence-electron chi connectivity index (χ2n) is 7.63. The monoisotopic (exact) mass is 418 g/mol. The predicted molar refractivity (Wildman–Crippen MR) is 119 cm³/mol. The summed E-state index contributed by atoms with van der Waals surface area (Å²) < 4.78 is 15.3. The third-order valence-corrected chi connectivity index (χ3v) is 5.02. The molecule has 0 saturated carbocycles. The Bertz CT molecular complexity index is 1300. The predicted octanol–water partition coefficient (Wildman–Crippen LogP) is 2.73. The van der Waals surface area contributed by atoms with E-state index in [2.05, 4.69) is 9.97 Å². The van der Waals surface area contributed by atoms with Crippen LogP contribution >= 0.6 is 0 Å². The summed E-state index contributed by atoms with van der Waals surface area (Å²) in [5.74, 6) is 0.491. The number of nitrogens with two attached hydrogens (primary N) is 1. The van der Waals surface area contributed by atoms with Gasteiger partial charge in [-0.1, -0.05) is 18.2 Å². The van der Waals surface area contributed by atoms with Gasteiger partial charge >= 0.3 is 0 Å². The average molecular weight is 418 g/mol. The lowest BCUT2D eigenvalue weighted by atomic mass is 10.1. The zero-order chi connectivity index (χ0) is 22.0. The second-order valence-corrected chi connectivity index (χ2v) is 7.63. The standard InChI is InChI=1S/C23H23FN6O/c1-29(2)11-9-21-27-20-7-6-16(19-8-10-26-23(25)28-19)13-18(20)22(31)30(21)14-15-4-3-5-17(24)12-15/h3-8,10,12-13H,9,11,14H2,1-2H3,(H2,25,26,28). The Labute approximate surface area is 179 Å². The summed E-state index contributed by atoms with van der Waals surface area (Å²) in [6.45, 7) is 0.979. The van der Waals surface area contributed by atoms with E-state index in [1.54, 1.807) is 35.0 Å². The molecular weight excluding hydrogens is 395 g/mol. The van der Waals surface area contributed by atoms with Gasteiger partial charge in [-0.15, -0.1) is 0 Å². The molecule has 0 radical (unpaired) electrons. The minimum Gasteiger partial charge on any atom is -0.368 e. The fourth-order valence-electron chi connectivity index (χ4n) is 3.46. The quantitative estimate of drug-likeness (QED) is 0.518. The van der Waals surface area contributed by atoms with E-state index in [0.717, 1.165) is 12.1 Å². The minimum absolute atomic E-state index is 0.165. The van der Waals surface area contributed by atoms with Crippen molar-refractivity contribution < 1.29 is 4.39 Å². The van der Waals surface area contributed by atoms with Gasteiger partial charge in [-0.3, -0.25) is 9.36 Å². The Morgan fingerprint density at radius 2 is 1.94 bits per heavy atom. The molecule has 0 saturated heterocycles. The summed E-state index contributed by atoms with van der Waals surface area (Å²) in [4.78, 5) is 28.4. The van der Waals surface area contributed by atoms with Gasteiger partial charge in [0.25, 0.3) is 5.56 Å². The molecule has 0 bridgehead atoms. The smallest absolute Gasteiger partial charge is 0.261 e. The third-order valence-electron chi connectivity index (χ3n) is 5.02. The van der Waals surface area contributed by atoms with Crippen molar-refractivity contribution in [2.24, 2.45) is 0 Å². The molecule has 0 aliphatic carbocycles. The van der Waals surface area contributed by atoms with E-state index in [1.807, 2.05) is 31.1 Å². The highest BCUT2D eigenvalue weighted by Gasteiger charge is 2.14. The summed E-state index contributed by atoms with van der Waals surface area (Å²) >= 11 is 0. The zero-order valence-corrected chi connectivity index (χ0v) is 17.4. The topological polar surface area (TPSA) is 89.9 Å². The van der Waals surface area contributed by atoms with Crippen molar-refractivity contribution in [3.63, 3.8) is 0 Å². The molecule has 2 heterocycles. The first-order chi connectivity index (χ1) is 14.9. The maximum Gasteiger partial charge on any atom is 0.261 e. The molecule has 0 aliphatic heterocycles. The molecule has 0 aliphatic rings. The molecule has 7 nitrogen and oxygen atoms in total. The summed E-state index contributed by atoms with van der Waals surface area (Å²) in [6.07, 6.45) is 2.17. The summed E-state index contributed by atoms with van der Waals surface area (Å²) in [6, 6.07) is 13.5. The van der Waals surface area contributed by atoms with Crippen LogP contribution in [0.25, 0.3) is 22.2 Å². The van der Waals surface area contributed by atoms with Crippen molar-refractivity contribution in [3.05, 3.63) is 82.3 Å². The second kappa shape index (κ2) is 8.61. The molecule has 158 valence electrons. The number of fused-ring (bicyclic) bond motifs is 1. The largest absolute Gasteiger partial charge is 0.368 e. The van der Waals surface area contributed by atoms with Gasteiger partial charge in [0.2, 0.25) is 5.95 Å². The number of hydrogen-bond donors (Lipinski definition) is 1. The maximum atomic E-state index is 13.7. The third kappa shape index (κ3) is 4.59. The number of hydrogen-bond acceptors (Lipinski definition) is 6. The number of likely N-dealkylation sites (N-methyl/N-ethyl adjacent to an activating group) is 1. The van der Waals surface area contributed by atoms with E-state index in [-0.39, 0.29) is 23.9 Å². The van der Waals surface area contributed by atoms with E-state index < -0.39 is 0 Å². The number of halogens is 1. The fourth-order valence-corrected chi connectivity index (χ4v) is 3.46. The number of nitrogen functional groups attached to an aromatic ring is 1. The van der Waals surface area contributed by atoms with E-state index >= 15 is 0 Å². The Hall–Kier alpha value is -3.65. The van der Waals surface area contributed by atoms with E-state index in [0.29, 0.717) is 34.4 Å². The van der Waals surface area contributed by atoms with Crippen LogP contribution < -0.4 is 11.3 Å². The molecule has 2 aromatic heterocycles. The van der Waals surface area contributed by atoms with Gasteiger partial charge in [0.15, 0.2) is 0 Å². The minimum atomic E-state index is -0.335. The summed E-state index contributed by atoms with van der Waals surface area (Å²) in [7, 11) is 3.94. The van der Waals surface area contributed by atoms with Crippen LogP contribution in [0.2, 0.25) is 0 Å². The Balaban J connectivity index is 1.85. The summed E-state index contributed by atoms with van der Waals surface area (Å²) in [5, 5.41) is 0.472. The normalized spacial score (nSPS) is 11.4. The van der Waals surface area contributed by atoms with Gasteiger partial charge < -0.3 is 10.6 Å². The van der Waals surface area contributed by atoms with Gasteiger partial charge in [0, 0.05) is 24.7 Å². The van der Waals surface area contributed by atoms with Crippen molar-refractivity contribution in [2.45, 2.75) is 13.0 Å². The lowest BCUT2D eigenvalue weighted by Crippen LogP contribution is -2.28. The van der Waals surface area contributed by atoms with Gasteiger partial charge in [0.1, 0.15) is 11.6 Å². The van der Waals surface area contributed by atoms with Gasteiger partial charge in [0.05, 0.1) is 23.1 Å². The molecule has 31 heavy (non-hydrogen) atoms. The highest BCUT2D eigenvalue weighted by atomic mass is 19.1. The number of anilines is 1. The first kappa shape index (κ1) is 20.6. The van der Waals surface area contributed by atoms with Crippen molar-refractivity contribution in [1.82, 2.24) is 24.4 Å². The number of rotatable bonds is 6. The van der Waals surface area contributed by atoms with Gasteiger partial charge in [-0.05, 0) is 50.0 Å². The van der Waals surface area contributed by atoms with Crippen LogP contribution in [0.5, 0.6) is 0 Å². The molecule has 0 unspecified atom stereocenters. The van der Waals surface area contributed by atoms with Gasteiger partial charge in [-0.25, -0.2) is 19.3 Å². The first-order valence-electron chi connectivity index (χ1n) is 9.92. The molecule has 0 amide bonds. The molecular formula is C23H23FN6O. The molecule has 0 atom stereocenters. The van der Waals surface area contributed by atoms with Crippen LogP contribution in [0.4, 0.5) is 10.3 Å². The number of benzene rings is 2. The Morgan fingerprint density at radius 3 is 2.68 bits per heavy atom. The maximum absolute atomic E-state index is 13.7. The van der Waals surface area contributed by atoms with E-state index in [9.17, 15) is 9.18 Å². The van der Waals surface area contributed by atoms with Crippen LogP contribution in [0, 0.1) is 5.82 Å². The van der Waals surface area contributed by atoms with Crippen molar-refractivity contribution in [3.8, 4) is 11.3 Å². The van der Waals surface area contributed by atoms with Crippen LogP contribution in [-0.4, -0.2) is 45.1 Å². The Morgan fingerprint density at radius 1 is 1.10 bits per heavy atom. The lowest BCUT2D eigenvalue weighted by Gasteiger charge is -2.16. The molecule has 2 aromatic carbocycles. The molecule has 0 fully saturated rings. The lowest BCUT2D eigenvalue weighted by molar-refractivity contribution is 0.405. The highest BCUT2D eigenvalue weighted by Crippen LogP contribution is 2.21. The first-order valence-corrected chi connectivity index (χ1v) is 9.92. The van der Waals surface area contributed by atoms with Crippen LogP contribution in [-0.2, 0) is 13.0 Å². The van der Waals surface area contributed by atoms with Gasteiger partial charge in [-0.2, -0.15) is 0 Å². The van der Waals surface area contributed by atoms with Crippen molar-refractivity contribution in [1.29, 1.82) is 0 Å². The number of nitrogens with zero attached hydrogens (tertiary/aromatic N) is 5. The molecule has 4 rings (SSSR count). The van der Waals surface area contributed by atoms with Crippen LogP contribution in [0.1, 0.15) is 11.4 Å².